The molecule has 3 rings (SSSR count). The number of carbonyl (C=O) groups is 2. The molecular formula is C21H24ClN3O2. The lowest BCUT2D eigenvalue weighted by atomic mass is 10.1. The van der Waals surface area contributed by atoms with Crippen LogP contribution in [0, 0.1) is 0 Å². The van der Waals surface area contributed by atoms with Crippen molar-refractivity contribution in [3.63, 3.8) is 0 Å². The number of nitrogens with one attached hydrogen (secondary N) is 1. The van der Waals surface area contributed by atoms with E-state index in [2.05, 4.69) is 10.2 Å². The van der Waals surface area contributed by atoms with Crippen molar-refractivity contribution in [1.82, 2.24) is 4.90 Å². The molecule has 1 heterocycles. The molecule has 0 spiro atoms. The fourth-order valence-corrected chi connectivity index (χ4v) is 3.41. The predicted molar refractivity (Wildman–Crippen MR) is 110 cm³/mol. The fourth-order valence-electron chi connectivity index (χ4n) is 3.24. The molecule has 0 aliphatic carbocycles. The molecule has 5 nitrogen and oxygen atoms in total. The number of amides is 2. The number of nitrogens with zero attached hydrogens (tertiary/aromatic N) is 2. The lowest BCUT2D eigenvalue weighted by Gasteiger charge is -2.37. The van der Waals surface area contributed by atoms with Crippen molar-refractivity contribution in [3.8, 4) is 0 Å². The van der Waals surface area contributed by atoms with Gasteiger partial charge in [-0.1, -0.05) is 36.7 Å². The molecule has 0 bridgehead atoms. The minimum atomic E-state index is -0.170. The third kappa shape index (κ3) is 4.80. The van der Waals surface area contributed by atoms with Crippen LogP contribution in [0.5, 0.6) is 0 Å². The van der Waals surface area contributed by atoms with Gasteiger partial charge >= 0.3 is 0 Å². The van der Waals surface area contributed by atoms with Crippen molar-refractivity contribution in [1.29, 1.82) is 0 Å². The zero-order chi connectivity index (χ0) is 19.2. The monoisotopic (exact) mass is 385 g/mol. The molecular weight excluding hydrogens is 362 g/mol. The van der Waals surface area contributed by atoms with Gasteiger partial charge in [0.1, 0.15) is 0 Å². The molecule has 1 aliphatic rings. The number of carbonyl (C=O) groups excluding carboxylic acids is 2. The highest BCUT2D eigenvalue weighted by Gasteiger charge is 2.22. The minimum Gasteiger partial charge on any atom is -0.366 e. The van der Waals surface area contributed by atoms with E-state index in [0.717, 1.165) is 25.2 Å². The van der Waals surface area contributed by atoms with Crippen molar-refractivity contribution in [2.24, 2.45) is 0 Å². The van der Waals surface area contributed by atoms with E-state index >= 15 is 0 Å². The predicted octanol–water partition coefficient (Wildman–Crippen LogP) is 4.04. The molecule has 2 aromatic rings. The Balaban J connectivity index is 1.73. The van der Waals surface area contributed by atoms with E-state index in [4.69, 9.17) is 11.6 Å². The van der Waals surface area contributed by atoms with Crippen molar-refractivity contribution in [3.05, 3.63) is 59.1 Å². The molecule has 1 N–H and O–H groups in total. The Morgan fingerprint density at radius 1 is 1.04 bits per heavy atom. The molecule has 142 valence electrons. The first-order valence-electron chi connectivity index (χ1n) is 9.27. The summed E-state index contributed by atoms with van der Waals surface area (Å²) in [6, 6.07) is 14.6. The molecule has 0 atom stereocenters. The molecule has 2 amide bonds. The van der Waals surface area contributed by atoms with E-state index < -0.39 is 0 Å². The van der Waals surface area contributed by atoms with Crippen LogP contribution in [0.2, 0.25) is 5.02 Å². The minimum absolute atomic E-state index is 0.170. The largest absolute Gasteiger partial charge is 0.366 e. The molecule has 0 saturated carbocycles. The number of halogens is 1. The molecule has 1 fully saturated rings. The molecule has 1 aliphatic heterocycles. The topological polar surface area (TPSA) is 52.7 Å². The Morgan fingerprint density at radius 3 is 2.41 bits per heavy atom. The van der Waals surface area contributed by atoms with E-state index in [9.17, 15) is 9.59 Å². The van der Waals surface area contributed by atoms with E-state index in [0.29, 0.717) is 35.8 Å². The highest BCUT2D eigenvalue weighted by Crippen LogP contribution is 2.30. The van der Waals surface area contributed by atoms with Gasteiger partial charge in [-0.15, -0.1) is 0 Å². The van der Waals surface area contributed by atoms with Gasteiger partial charge in [-0.3, -0.25) is 9.59 Å². The van der Waals surface area contributed by atoms with Crippen LogP contribution in [0.15, 0.2) is 48.5 Å². The number of hydrogen-bond donors (Lipinski definition) is 1. The second-order valence-corrected chi connectivity index (χ2v) is 7.04. The zero-order valence-electron chi connectivity index (χ0n) is 15.5. The van der Waals surface area contributed by atoms with Crippen molar-refractivity contribution in [2.75, 3.05) is 36.4 Å². The summed E-state index contributed by atoms with van der Waals surface area (Å²) in [6.45, 7) is 4.85. The summed E-state index contributed by atoms with van der Waals surface area (Å²) < 4.78 is 0. The first-order chi connectivity index (χ1) is 13.1. The third-order valence-corrected chi connectivity index (χ3v) is 4.91. The Hall–Kier alpha value is -2.53. The maximum Gasteiger partial charge on any atom is 0.255 e. The Morgan fingerprint density at radius 2 is 1.74 bits per heavy atom. The first kappa shape index (κ1) is 19.2. The molecule has 2 aromatic carbocycles. The number of anilines is 2. The normalized spacial score (nSPS) is 14.1. The summed E-state index contributed by atoms with van der Waals surface area (Å²) in [7, 11) is 0. The second-order valence-electron chi connectivity index (χ2n) is 6.60. The van der Waals surface area contributed by atoms with Gasteiger partial charge in [0.05, 0.1) is 11.4 Å². The molecule has 0 radical (unpaired) electrons. The van der Waals surface area contributed by atoms with E-state index in [-0.39, 0.29) is 11.8 Å². The Labute approximate surface area is 164 Å². The average Bonchev–Trinajstić information content (AvgIpc) is 2.69. The van der Waals surface area contributed by atoms with Crippen LogP contribution in [0.25, 0.3) is 0 Å². The van der Waals surface area contributed by atoms with E-state index in [1.165, 1.54) is 0 Å². The van der Waals surface area contributed by atoms with Crippen LogP contribution >= 0.6 is 11.6 Å². The summed E-state index contributed by atoms with van der Waals surface area (Å²) in [5, 5.41) is 3.54. The Kier molecular flexibility index (Phi) is 6.35. The summed E-state index contributed by atoms with van der Waals surface area (Å²) in [6.07, 6.45) is 1.46. The average molecular weight is 386 g/mol. The summed E-state index contributed by atoms with van der Waals surface area (Å²) >= 11 is 6.16. The molecule has 0 aromatic heterocycles. The van der Waals surface area contributed by atoms with Crippen LogP contribution in [-0.4, -0.2) is 42.9 Å². The van der Waals surface area contributed by atoms with Gasteiger partial charge in [0.25, 0.3) is 5.91 Å². The van der Waals surface area contributed by atoms with Gasteiger partial charge in [-0.05, 0) is 36.8 Å². The highest BCUT2D eigenvalue weighted by molar-refractivity contribution is 6.31. The second kappa shape index (κ2) is 8.91. The SMILES string of the molecule is CCCC(=O)N1CCN(c2ccc(Cl)cc2NC(=O)c2ccccc2)CC1. The van der Waals surface area contributed by atoms with Crippen LogP contribution in [0.3, 0.4) is 0 Å². The molecule has 27 heavy (non-hydrogen) atoms. The van der Waals surface area contributed by atoms with Crippen molar-refractivity contribution in [2.45, 2.75) is 19.8 Å². The first-order valence-corrected chi connectivity index (χ1v) is 9.65. The van der Waals surface area contributed by atoms with E-state index in [1.807, 2.05) is 42.2 Å². The molecule has 0 unspecified atom stereocenters. The molecule has 1 saturated heterocycles. The fraction of sp³-hybridized carbons (Fsp3) is 0.333. The van der Waals surface area contributed by atoms with Gasteiger partial charge in [-0.25, -0.2) is 0 Å². The third-order valence-electron chi connectivity index (χ3n) is 4.68. The smallest absolute Gasteiger partial charge is 0.255 e. The summed E-state index contributed by atoms with van der Waals surface area (Å²) in [5.41, 5.74) is 2.20. The van der Waals surface area contributed by atoms with Gasteiger partial charge < -0.3 is 15.1 Å². The molecule has 6 heteroatoms. The van der Waals surface area contributed by atoms with Crippen LogP contribution in [0.4, 0.5) is 11.4 Å². The van der Waals surface area contributed by atoms with Gasteiger partial charge in [0.2, 0.25) is 5.91 Å². The standard InChI is InChI=1S/C21H24ClN3O2/c1-2-6-20(26)25-13-11-24(12-14-25)19-10-9-17(22)15-18(19)23-21(27)16-7-4-3-5-8-16/h3-5,7-10,15H,2,6,11-14H2,1H3,(H,23,27). The lowest BCUT2D eigenvalue weighted by molar-refractivity contribution is -0.131. The van der Waals surface area contributed by atoms with Crippen LogP contribution in [0.1, 0.15) is 30.1 Å². The number of hydrogen-bond acceptors (Lipinski definition) is 3. The summed E-state index contributed by atoms with van der Waals surface area (Å²) in [4.78, 5) is 28.7. The van der Waals surface area contributed by atoms with Crippen molar-refractivity contribution >= 4 is 34.8 Å². The Bertz CT molecular complexity index is 802. The number of benzene rings is 2. The zero-order valence-corrected chi connectivity index (χ0v) is 16.2. The lowest BCUT2D eigenvalue weighted by Crippen LogP contribution is -2.48. The van der Waals surface area contributed by atoms with Crippen molar-refractivity contribution < 1.29 is 9.59 Å². The van der Waals surface area contributed by atoms with Crippen LogP contribution < -0.4 is 10.2 Å². The highest BCUT2D eigenvalue weighted by atomic mass is 35.5. The van der Waals surface area contributed by atoms with E-state index in [1.54, 1.807) is 18.2 Å². The maximum atomic E-state index is 12.5. The van der Waals surface area contributed by atoms with Crippen LogP contribution in [-0.2, 0) is 4.79 Å². The van der Waals surface area contributed by atoms with Gasteiger partial charge in [0.15, 0.2) is 0 Å². The quantitative estimate of drug-likeness (QED) is 0.845. The number of piperazine rings is 1. The number of rotatable bonds is 5. The van der Waals surface area contributed by atoms with Gasteiger partial charge in [0, 0.05) is 43.2 Å². The van der Waals surface area contributed by atoms with Gasteiger partial charge in [-0.2, -0.15) is 0 Å². The summed E-state index contributed by atoms with van der Waals surface area (Å²) in [5.74, 6) is 0.0433. The maximum absolute atomic E-state index is 12.5.